The Bertz CT molecular complexity index is 956. The molecule has 0 saturated heterocycles. The normalized spacial score (nSPS) is 13.8. The van der Waals surface area contributed by atoms with Crippen molar-refractivity contribution in [3.63, 3.8) is 0 Å². The minimum atomic E-state index is -0.0587. The summed E-state index contributed by atoms with van der Waals surface area (Å²) in [7, 11) is 0. The second-order valence-electron chi connectivity index (χ2n) is 5.21. The lowest BCUT2D eigenvalue weighted by Gasteiger charge is -2.20. The van der Waals surface area contributed by atoms with Crippen LogP contribution in [0.3, 0.4) is 0 Å². The Labute approximate surface area is 137 Å². The molecule has 1 aliphatic carbocycles. The largest absolute Gasteiger partial charge is 0.289 e. The van der Waals surface area contributed by atoms with E-state index in [-0.39, 0.29) is 5.78 Å². The SMILES string of the molecule is O=C1C(c2ccccc2)=C(Cl)c2ccc(Cl)c3cccc1c23. The fraction of sp³-hybridized carbons (Fsp3) is 0. The molecule has 3 aromatic carbocycles. The number of carbonyl (C=O) groups is 1. The summed E-state index contributed by atoms with van der Waals surface area (Å²) in [5, 5.41) is 2.80. The lowest BCUT2D eigenvalue weighted by molar-refractivity contribution is 0.105. The van der Waals surface area contributed by atoms with Crippen molar-refractivity contribution in [2.24, 2.45) is 0 Å². The maximum absolute atomic E-state index is 12.9. The van der Waals surface area contributed by atoms with Gasteiger partial charge in [-0.1, -0.05) is 77.8 Å². The van der Waals surface area contributed by atoms with E-state index in [4.69, 9.17) is 23.2 Å². The quantitative estimate of drug-likeness (QED) is 0.553. The van der Waals surface area contributed by atoms with Crippen LogP contribution in [0.5, 0.6) is 0 Å². The van der Waals surface area contributed by atoms with Gasteiger partial charge in [-0.05, 0) is 11.6 Å². The molecule has 0 heterocycles. The first kappa shape index (κ1) is 13.6. The zero-order chi connectivity index (χ0) is 15.3. The molecule has 0 aromatic heterocycles. The van der Waals surface area contributed by atoms with Crippen molar-refractivity contribution in [2.45, 2.75) is 0 Å². The van der Waals surface area contributed by atoms with Crippen molar-refractivity contribution in [1.29, 1.82) is 0 Å². The van der Waals surface area contributed by atoms with Gasteiger partial charge in [-0.2, -0.15) is 0 Å². The van der Waals surface area contributed by atoms with Crippen LogP contribution in [0, 0.1) is 0 Å². The van der Waals surface area contributed by atoms with Gasteiger partial charge in [0, 0.05) is 32.5 Å². The molecule has 0 fully saturated rings. The van der Waals surface area contributed by atoms with Crippen LogP contribution >= 0.6 is 23.2 Å². The van der Waals surface area contributed by atoms with Gasteiger partial charge < -0.3 is 0 Å². The summed E-state index contributed by atoms with van der Waals surface area (Å²) < 4.78 is 0. The molecule has 0 N–H and O–H groups in total. The molecule has 3 aromatic rings. The molecule has 1 nitrogen and oxygen atoms in total. The van der Waals surface area contributed by atoms with Gasteiger partial charge in [0.15, 0.2) is 5.78 Å². The molecule has 0 unspecified atom stereocenters. The zero-order valence-electron chi connectivity index (χ0n) is 11.4. The van der Waals surface area contributed by atoms with Crippen LogP contribution in [0.1, 0.15) is 21.5 Å². The van der Waals surface area contributed by atoms with Crippen LogP contribution in [0.25, 0.3) is 21.4 Å². The van der Waals surface area contributed by atoms with E-state index in [1.807, 2.05) is 60.7 Å². The van der Waals surface area contributed by atoms with E-state index in [1.165, 1.54) is 0 Å². The highest BCUT2D eigenvalue weighted by Crippen LogP contribution is 2.43. The van der Waals surface area contributed by atoms with Crippen LogP contribution in [0.4, 0.5) is 0 Å². The molecular weight excluding hydrogens is 315 g/mol. The Balaban J connectivity index is 2.12. The maximum Gasteiger partial charge on any atom is 0.195 e. The van der Waals surface area contributed by atoms with E-state index in [9.17, 15) is 4.79 Å². The number of carbonyl (C=O) groups excluding carboxylic acids is 1. The van der Waals surface area contributed by atoms with Gasteiger partial charge in [-0.15, -0.1) is 0 Å². The highest BCUT2D eigenvalue weighted by molar-refractivity contribution is 6.61. The third-order valence-electron chi connectivity index (χ3n) is 3.98. The van der Waals surface area contributed by atoms with Crippen LogP contribution in [0.2, 0.25) is 5.02 Å². The third-order valence-corrected chi connectivity index (χ3v) is 4.70. The van der Waals surface area contributed by atoms with E-state index in [2.05, 4.69) is 0 Å². The van der Waals surface area contributed by atoms with Crippen molar-refractivity contribution in [1.82, 2.24) is 0 Å². The summed E-state index contributed by atoms with van der Waals surface area (Å²) in [6, 6.07) is 18.8. The topological polar surface area (TPSA) is 17.1 Å². The molecule has 0 radical (unpaired) electrons. The molecule has 3 heteroatoms. The molecule has 0 atom stereocenters. The molecule has 1 aliphatic rings. The average molecular weight is 325 g/mol. The summed E-state index contributed by atoms with van der Waals surface area (Å²) in [6.45, 7) is 0. The summed E-state index contributed by atoms with van der Waals surface area (Å²) in [5.74, 6) is -0.0587. The number of halogens is 2. The number of rotatable bonds is 1. The summed E-state index contributed by atoms with van der Waals surface area (Å²) in [6.07, 6.45) is 0. The molecule has 0 bridgehead atoms. The van der Waals surface area contributed by atoms with Gasteiger partial charge in [0.1, 0.15) is 0 Å². The Morgan fingerprint density at radius 3 is 2.27 bits per heavy atom. The van der Waals surface area contributed by atoms with Crippen LogP contribution in [-0.2, 0) is 0 Å². The Morgan fingerprint density at radius 2 is 1.50 bits per heavy atom. The summed E-state index contributed by atoms with van der Waals surface area (Å²) in [5.41, 5.74) is 2.88. The van der Waals surface area contributed by atoms with E-state index < -0.39 is 0 Å². The van der Waals surface area contributed by atoms with Crippen molar-refractivity contribution in [3.05, 3.63) is 82.4 Å². The molecule has 106 valence electrons. The minimum Gasteiger partial charge on any atom is -0.289 e. The van der Waals surface area contributed by atoms with Gasteiger partial charge in [-0.25, -0.2) is 0 Å². The number of allylic oxidation sites excluding steroid dienone is 1. The Morgan fingerprint density at radius 1 is 0.727 bits per heavy atom. The van der Waals surface area contributed by atoms with Crippen LogP contribution in [-0.4, -0.2) is 5.78 Å². The fourth-order valence-corrected chi connectivity index (χ4v) is 3.55. The number of Topliss-reactive ketones (excluding diaryl/α,β-unsaturated/α-hetero) is 1. The lowest BCUT2D eigenvalue weighted by atomic mass is 9.85. The van der Waals surface area contributed by atoms with Gasteiger partial charge >= 0.3 is 0 Å². The van der Waals surface area contributed by atoms with Gasteiger partial charge in [0.05, 0.1) is 5.03 Å². The van der Waals surface area contributed by atoms with Gasteiger partial charge in [-0.3, -0.25) is 4.79 Å². The van der Waals surface area contributed by atoms with Crippen molar-refractivity contribution < 1.29 is 4.79 Å². The predicted octanol–water partition coefficient (Wildman–Crippen LogP) is 5.80. The van der Waals surface area contributed by atoms with E-state index >= 15 is 0 Å². The van der Waals surface area contributed by atoms with Crippen LogP contribution in [0.15, 0.2) is 60.7 Å². The number of hydrogen-bond donors (Lipinski definition) is 0. The fourth-order valence-electron chi connectivity index (χ4n) is 2.97. The van der Waals surface area contributed by atoms with Gasteiger partial charge in [0.25, 0.3) is 0 Å². The summed E-state index contributed by atoms with van der Waals surface area (Å²) >= 11 is 12.8. The third kappa shape index (κ3) is 1.83. The minimum absolute atomic E-state index is 0.0587. The molecular formula is C19H10Cl2O. The summed E-state index contributed by atoms with van der Waals surface area (Å²) in [4.78, 5) is 12.9. The molecule has 0 spiro atoms. The van der Waals surface area contributed by atoms with E-state index in [0.717, 1.165) is 21.9 Å². The standard InChI is InChI=1S/C19H10Cl2O/c20-15-10-9-13-17-12(15)7-4-8-14(17)19(22)16(18(13)21)11-5-2-1-3-6-11/h1-10H. The Hall–Kier alpha value is -2.09. The second-order valence-corrected chi connectivity index (χ2v) is 5.99. The molecule has 0 aliphatic heterocycles. The van der Waals surface area contributed by atoms with Crippen molar-refractivity contribution in [2.75, 3.05) is 0 Å². The molecule has 0 saturated carbocycles. The molecule has 0 amide bonds. The first-order valence-corrected chi connectivity index (χ1v) is 7.65. The van der Waals surface area contributed by atoms with Crippen molar-refractivity contribution in [3.8, 4) is 0 Å². The number of hydrogen-bond acceptors (Lipinski definition) is 1. The average Bonchev–Trinajstić information content (AvgIpc) is 2.55. The lowest BCUT2D eigenvalue weighted by Crippen LogP contribution is -2.10. The Kier molecular flexibility index (Phi) is 3.07. The van der Waals surface area contributed by atoms with Crippen molar-refractivity contribution >= 4 is 50.4 Å². The van der Waals surface area contributed by atoms with Gasteiger partial charge in [0.2, 0.25) is 0 Å². The first-order chi connectivity index (χ1) is 10.7. The monoisotopic (exact) mass is 324 g/mol. The highest BCUT2D eigenvalue weighted by atomic mass is 35.5. The van der Waals surface area contributed by atoms with Crippen LogP contribution < -0.4 is 0 Å². The zero-order valence-corrected chi connectivity index (χ0v) is 12.9. The molecule has 4 rings (SSSR count). The highest BCUT2D eigenvalue weighted by Gasteiger charge is 2.28. The number of ketones is 1. The second kappa shape index (κ2) is 4.98. The first-order valence-electron chi connectivity index (χ1n) is 6.90. The smallest absolute Gasteiger partial charge is 0.195 e. The maximum atomic E-state index is 12.9. The molecule has 22 heavy (non-hydrogen) atoms. The van der Waals surface area contributed by atoms with E-state index in [0.29, 0.717) is 21.2 Å². The number of benzene rings is 3. The predicted molar refractivity (Wildman–Crippen MR) is 92.4 cm³/mol. The van der Waals surface area contributed by atoms with E-state index in [1.54, 1.807) is 0 Å².